The molecule has 20 heavy (non-hydrogen) atoms. The number of hydrogen-bond acceptors (Lipinski definition) is 6. The van der Waals surface area contributed by atoms with Crippen LogP contribution >= 0.6 is 22.7 Å². The number of nitrogens with zero attached hydrogens (tertiary/aromatic N) is 2. The van der Waals surface area contributed by atoms with E-state index in [1.807, 2.05) is 0 Å². The fourth-order valence-electron chi connectivity index (χ4n) is 2.26. The van der Waals surface area contributed by atoms with Crippen molar-refractivity contribution < 1.29 is 4.74 Å². The molecule has 1 unspecified atom stereocenters. The number of hydrogen-bond donors (Lipinski definition) is 1. The highest BCUT2D eigenvalue weighted by atomic mass is 32.1. The number of rotatable bonds is 5. The molecule has 3 heterocycles. The molecular weight excluding hydrogens is 290 g/mol. The van der Waals surface area contributed by atoms with Crippen LogP contribution in [0.3, 0.4) is 0 Å². The Balaban J connectivity index is 1.80. The lowest BCUT2D eigenvalue weighted by Gasteiger charge is -2.03. The van der Waals surface area contributed by atoms with E-state index >= 15 is 0 Å². The van der Waals surface area contributed by atoms with E-state index in [2.05, 4.69) is 34.5 Å². The van der Waals surface area contributed by atoms with Gasteiger partial charge in [0.05, 0.1) is 16.3 Å². The van der Waals surface area contributed by atoms with Crippen LogP contribution in [0.5, 0.6) is 0 Å². The Morgan fingerprint density at radius 1 is 1.45 bits per heavy atom. The molecule has 1 N–H and O–H groups in total. The van der Waals surface area contributed by atoms with Crippen molar-refractivity contribution >= 4 is 27.8 Å². The van der Waals surface area contributed by atoms with Crippen LogP contribution in [-0.2, 0) is 4.74 Å². The van der Waals surface area contributed by atoms with Crippen LogP contribution in [0.4, 0.5) is 5.13 Å². The van der Waals surface area contributed by atoms with E-state index in [4.69, 9.17) is 4.74 Å². The summed E-state index contributed by atoms with van der Waals surface area (Å²) in [5.41, 5.74) is 2.10. The smallest absolute Gasteiger partial charge is 0.183 e. The fourth-order valence-corrected chi connectivity index (χ4v) is 4.17. The first kappa shape index (κ1) is 14.0. The number of anilines is 1. The quantitative estimate of drug-likeness (QED) is 0.897. The van der Waals surface area contributed by atoms with Crippen molar-refractivity contribution in [2.45, 2.75) is 39.2 Å². The third-order valence-electron chi connectivity index (χ3n) is 3.28. The average molecular weight is 309 g/mol. The highest BCUT2D eigenvalue weighted by molar-refractivity contribution is 7.16. The van der Waals surface area contributed by atoms with Gasteiger partial charge in [-0.25, -0.2) is 9.97 Å². The van der Waals surface area contributed by atoms with Crippen LogP contribution in [0.1, 0.15) is 43.0 Å². The number of thiazole rings is 2. The zero-order chi connectivity index (χ0) is 13.9. The standard InChI is InChI=1S/C14H19N3OS2/c1-3-6-15-14-17-10(8-19-14)12-9(2)16-13(20-12)11-5-4-7-18-11/h8,11H,3-7H2,1-2H3,(H,15,17). The monoisotopic (exact) mass is 309 g/mol. The molecule has 0 radical (unpaired) electrons. The lowest BCUT2D eigenvalue weighted by molar-refractivity contribution is 0.111. The van der Waals surface area contributed by atoms with Crippen LogP contribution in [0, 0.1) is 6.92 Å². The van der Waals surface area contributed by atoms with Gasteiger partial charge in [-0.1, -0.05) is 6.92 Å². The summed E-state index contributed by atoms with van der Waals surface area (Å²) in [7, 11) is 0. The molecule has 0 amide bonds. The number of aromatic nitrogens is 2. The van der Waals surface area contributed by atoms with Gasteiger partial charge < -0.3 is 10.1 Å². The van der Waals surface area contributed by atoms with Gasteiger partial charge in [0.15, 0.2) is 5.13 Å². The Morgan fingerprint density at radius 2 is 2.35 bits per heavy atom. The first-order valence-corrected chi connectivity index (χ1v) is 8.76. The van der Waals surface area contributed by atoms with Crippen molar-refractivity contribution in [2.75, 3.05) is 18.5 Å². The summed E-state index contributed by atoms with van der Waals surface area (Å²) in [6, 6.07) is 0. The van der Waals surface area contributed by atoms with Gasteiger partial charge in [-0.05, 0) is 26.2 Å². The lowest BCUT2D eigenvalue weighted by atomic mass is 10.2. The van der Waals surface area contributed by atoms with Gasteiger partial charge in [0.2, 0.25) is 0 Å². The molecular formula is C14H19N3OS2. The van der Waals surface area contributed by atoms with Crippen molar-refractivity contribution in [3.8, 4) is 10.6 Å². The van der Waals surface area contributed by atoms with Crippen molar-refractivity contribution in [1.29, 1.82) is 0 Å². The van der Waals surface area contributed by atoms with Gasteiger partial charge in [0.25, 0.3) is 0 Å². The predicted molar refractivity (Wildman–Crippen MR) is 84.7 cm³/mol. The van der Waals surface area contributed by atoms with Crippen molar-refractivity contribution in [3.63, 3.8) is 0 Å². The van der Waals surface area contributed by atoms with Crippen LogP contribution < -0.4 is 5.32 Å². The van der Waals surface area contributed by atoms with Crippen molar-refractivity contribution in [3.05, 3.63) is 16.1 Å². The van der Waals surface area contributed by atoms with Crippen LogP contribution in [-0.4, -0.2) is 23.1 Å². The van der Waals surface area contributed by atoms with Crippen molar-refractivity contribution in [1.82, 2.24) is 9.97 Å². The molecule has 6 heteroatoms. The third kappa shape index (κ3) is 2.87. The van der Waals surface area contributed by atoms with E-state index in [9.17, 15) is 0 Å². The topological polar surface area (TPSA) is 47.0 Å². The molecule has 2 aromatic rings. The van der Waals surface area contributed by atoms with Crippen LogP contribution in [0.25, 0.3) is 10.6 Å². The largest absolute Gasteiger partial charge is 0.371 e. The second kappa shape index (κ2) is 6.20. The van der Waals surface area contributed by atoms with Crippen LogP contribution in [0.2, 0.25) is 0 Å². The summed E-state index contributed by atoms with van der Waals surface area (Å²) in [6.07, 6.45) is 3.54. The summed E-state index contributed by atoms with van der Waals surface area (Å²) >= 11 is 3.39. The lowest BCUT2D eigenvalue weighted by Crippen LogP contribution is -1.98. The molecule has 0 bridgehead atoms. The predicted octanol–water partition coefficient (Wildman–Crippen LogP) is 4.25. The molecule has 1 saturated heterocycles. The average Bonchev–Trinajstić information content (AvgIpc) is 3.16. The van der Waals surface area contributed by atoms with E-state index in [-0.39, 0.29) is 6.10 Å². The van der Waals surface area contributed by atoms with Crippen molar-refractivity contribution in [2.24, 2.45) is 0 Å². The van der Waals surface area contributed by atoms with E-state index in [1.54, 1.807) is 22.7 Å². The first-order chi connectivity index (χ1) is 9.78. The number of nitrogens with one attached hydrogen (secondary N) is 1. The van der Waals surface area contributed by atoms with Gasteiger partial charge in [-0.3, -0.25) is 0 Å². The maximum absolute atomic E-state index is 5.72. The fraction of sp³-hybridized carbons (Fsp3) is 0.571. The SMILES string of the molecule is CCCNc1nc(-c2sc(C3CCCO3)nc2C)cs1. The third-order valence-corrected chi connectivity index (χ3v) is 5.35. The first-order valence-electron chi connectivity index (χ1n) is 7.06. The molecule has 1 fully saturated rings. The molecule has 0 aromatic carbocycles. The molecule has 108 valence electrons. The maximum Gasteiger partial charge on any atom is 0.183 e. The Kier molecular flexibility index (Phi) is 4.33. The number of aryl methyl sites for hydroxylation is 1. The summed E-state index contributed by atoms with van der Waals surface area (Å²) in [5, 5.41) is 7.54. The highest BCUT2D eigenvalue weighted by Gasteiger charge is 2.23. The second-order valence-electron chi connectivity index (χ2n) is 4.93. The zero-order valence-electron chi connectivity index (χ0n) is 11.8. The minimum atomic E-state index is 0.198. The molecule has 1 aliphatic rings. The summed E-state index contributed by atoms with van der Waals surface area (Å²) in [4.78, 5) is 10.5. The molecule has 0 aliphatic carbocycles. The summed E-state index contributed by atoms with van der Waals surface area (Å²) in [6.45, 7) is 6.04. The molecule has 0 saturated carbocycles. The minimum Gasteiger partial charge on any atom is -0.371 e. The Morgan fingerprint density at radius 3 is 3.10 bits per heavy atom. The highest BCUT2D eigenvalue weighted by Crippen LogP contribution is 2.38. The number of ether oxygens (including phenoxy) is 1. The van der Waals surface area contributed by atoms with Gasteiger partial charge in [0, 0.05) is 18.5 Å². The normalized spacial score (nSPS) is 18.6. The zero-order valence-corrected chi connectivity index (χ0v) is 13.4. The Bertz CT molecular complexity index is 573. The van der Waals surface area contributed by atoms with Gasteiger partial charge >= 0.3 is 0 Å². The Labute approximate surface area is 127 Å². The Hall–Kier alpha value is -0.980. The molecule has 2 aromatic heterocycles. The molecule has 3 rings (SSSR count). The van der Waals surface area contributed by atoms with E-state index in [1.165, 1.54) is 4.88 Å². The summed E-state index contributed by atoms with van der Waals surface area (Å²) in [5.74, 6) is 0. The molecule has 1 atom stereocenters. The molecule has 0 spiro atoms. The van der Waals surface area contributed by atoms with E-state index in [0.29, 0.717) is 0 Å². The molecule has 1 aliphatic heterocycles. The van der Waals surface area contributed by atoms with E-state index < -0.39 is 0 Å². The van der Waals surface area contributed by atoms with Gasteiger partial charge in [0.1, 0.15) is 11.1 Å². The van der Waals surface area contributed by atoms with Gasteiger partial charge in [-0.2, -0.15) is 0 Å². The van der Waals surface area contributed by atoms with E-state index in [0.717, 1.165) is 53.9 Å². The van der Waals surface area contributed by atoms with Crippen LogP contribution in [0.15, 0.2) is 5.38 Å². The maximum atomic E-state index is 5.72. The van der Waals surface area contributed by atoms with Gasteiger partial charge in [-0.15, -0.1) is 22.7 Å². The molecule has 4 nitrogen and oxygen atoms in total. The summed E-state index contributed by atoms with van der Waals surface area (Å²) < 4.78 is 5.72. The minimum absolute atomic E-state index is 0.198. The second-order valence-corrected chi connectivity index (χ2v) is 6.82.